The summed E-state index contributed by atoms with van der Waals surface area (Å²) in [6, 6.07) is 11.0. The maximum absolute atomic E-state index is 5.31. The Morgan fingerprint density at radius 1 is 0.923 bits per heavy atom. The lowest BCUT2D eigenvalue weighted by Gasteiger charge is -2.12. The molecule has 0 unspecified atom stereocenters. The highest BCUT2D eigenvalue weighted by Crippen LogP contribution is 2.37. The largest absolute Gasteiger partial charge is 0.497 e. The van der Waals surface area contributed by atoms with Crippen LogP contribution >= 0.6 is 12.2 Å². The van der Waals surface area contributed by atoms with E-state index in [1.165, 1.54) is 0 Å². The standard InChI is InChI=1S/C18H21N3O4S/c1-22-14-7-5-13(6-8-14)20-18(26)21-19-11-12-9-15(23-2)17(25-4)16(10-12)24-3/h5-11H,1-4H3,(H2,20,21,26). The van der Waals surface area contributed by atoms with Crippen molar-refractivity contribution in [3.05, 3.63) is 42.0 Å². The van der Waals surface area contributed by atoms with Crippen molar-refractivity contribution in [1.29, 1.82) is 0 Å². The van der Waals surface area contributed by atoms with E-state index in [1.54, 1.807) is 46.8 Å². The van der Waals surface area contributed by atoms with Gasteiger partial charge in [0, 0.05) is 11.3 Å². The molecule has 0 saturated heterocycles. The Labute approximate surface area is 157 Å². The first-order chi connectivity index (χ1) is 12.6. The Hall–Kier alpha value is -3.00. The van der Waals surface area contributed by atoms with Crippen LogP contribution in [0.15, 0.2) is 41.5 Å². The highest BCUT2D eigenvalue weighted by Gasteiger charge is 2.12. The van der Waals surface area contributed by atoms with Crippen LogP contribution in [-0.4, -0.2) is 39.8 Å². The van der Waals surface area contributed by atoms with E-state index in [0.717, 1.165) is 17.0 Å². The van der Waals surface area contributed by atoms with Crippen LogP contribution in [0.3, 0.4) is 0 Å². The third-order valence-electron chi connectivity index (χ3n) is 3.41. The fourth-order valence-corrected chi connectivity index (χ4v) is 2.35. The summed E-state index contributed by atoms with van der Waals surface area (Å²) in [7, 11) is 6.29. The molecule has 0 radical (unpaired) electrons. The summed E-state index contributed by atoms with van der Waals surface area (Å²) in [5.74, 6) is 2.39. The lowest BCUT2D eigenvalue weighted by molar-refractivity contribution is 0.324. The number of ether oxygens (including phenoxy) is 4. The zero-order valence-electron chi connectivity index (χ0n) is 15.0. The van der Waals surface area contributed by atoms with Crippen LogP contribution < -0.4 is 29.7 Å². The van der Waals surface area contributed by atoms with Gasteiger partial charge in [-0.3, -0.25) is 5.43 Å². The smallest absolute Gasteiger partial charge is 0.203 e. The summed E-state index contributed by atoms with van der Waals surface area (Å²) in [6.45, 7) is 0. The molecule has 2 rings (SSSR count). The molecule has 0 aliphatic carbocycles. The van der Waals surface area contributed by atoms with Crippen molar-refractivity contribution in [3.8, 4) is 23.0 Å². The van der Waals surface area contributed by atoms with Gasteiger partial charge in [0.2, 0.25) is 5.75 Å². The van der Waals surface area contributed by atoms with Gasteiger partial charge in [-0.1, -0.05) is 0 Å². The number of benzene rings is 2. The van der Waals surface area contributed by atoms with Gasteiger partial charge in [-0.15, -0.1) is 0 Å². The van der Waals surface area contributed by atoms with Gasteiger partial charge in [-0.2, -0.15) is 5.10 Å². The van der Waals surface area contributed by atoms with Crippen molar-refractivity contribution in [2.45, 2.75) is 0 Å². The van der Waals surface area contributed by atoms with Crippen molar-refractivity contribution >= 4 is 29.2 Å². The summed E-state index contributed by atoms with van der Waals surface area (Å²) in [5, 5.41) is 7.51. The second-order valence-corrected chi connectivity index (χ2v) is 5.42. The molecule has 26 heavy (non-hydrogen) atoms. The van der Waals surface area contributed by atoms with E-state index >= 15 is 0 Å². The van der Waals surface area contributed by atoms with E-state index in [9.17, 15) is 0 Å². The Kier molecular flexibility index (Phi) is 7.04. The molecule has 0 aromatic heterocycles. The van der Waals surface area contributed by atoms with Gasteiger partial charge in [0.15, 0.2) is 16.6 Å². The lowest BCUT2D eigenvalue weighted by Crippen LogP contribution is -2.23. The number of thiocarbonyl (C=S) groups is 1. The van der Waals surface area contributed by atoms with Crippen molar-refractivity contribution in [1.82, 2.24) is 5.43 Å². The molecule has 0 heterocycles. The fourth-order valence-electron chi connectivity index (χ4n) is 2.17. The Morgan fingerprint density at radius 3 is 2.04 bits per heavy atom. The van der Waals surface area contributed by atoms with Crippen molar-refractivity contribution in [2.75, 3.05) is 33.8 Å². The summed E-state index contributed by atoms with van der Waals surface area (Å²) in [6.07, 6.45) is 1.60. The maximum atomic E-state index is 5.31. The summed E-state index contributed by atoms with van der Waals surface area (Å²) < 4.78 is 21.0. The van der Waals surface area contributed by atoms with Gasteiger partial charge in [-0.25, -0.2) is 0 Å². The number of nitrogens with one attached hydrogen (secondary N) is 2. The van der Waals surface area contributed by atoms with E-state index in [1.807, 2.05) is 24.3 Å². The molecule has 2 aromatic rings. The molecule has 0 amide bonds. The van der Waals surface area contributed by atoms with E-state index in [-0.39, 0.29) is 0 Å². The highest BCUT2D eigenvalue weighted by atomic mass is 32.1. The predicted octanol–water partition coefficient (Wildman–Crippen LogP) is 3.04. The zero-order chi connectivity index (χ0) is 18.9. The Morgan fingerprint density at radius 2 is 1.54 bits per heavy atom. The third-order valence-corrected chi connectivity index (χ3v) is 3.61. The van der Waals surface area contributed by atoms with Crippen molar-refractivity contribution in [2.24, 2.45) is 5.10 Å². The fraction of sp³-hybridized carbons (Fsp3) is 0.222. The quantitative estimate of drug-likeness (QED) is 0.438. The molecule has 2 N–H and O–H groups in total. The average Bonchev–Trinajstić information content (AvgIpc) is 2.67. The van der Waals surface area contributed by atoms with Gasteiger partial charge < -0.3 is 24.3 Å². The first-order valence-corrected chi connectivity index (χ1v) is 8.06. The number of nitrogens with zero attached hydrogens (tertiary/aromatic N) is 1. The molecular formula is C18H21N3O4S. The second-order valence-electron chi connectivity index (χ2n) is 5.01. The van der Waals surface area contributed by atoms with Gasteiger partial charge >= 0.3 is 0 Å². The lowest BCUT2D eigenvalue weighted by atomic mass is 10.2. The van der Waals surface area contributed by atoms with Gasteiger partial charge in [0.05, 0.1) is 34.7 Å². The number of methoxy groups -OCH3 is 4. The number of hydrazone groups is 1. The third kappa shape index (κ3) is 5.00. The van der Waals surface area contributed by atoms with Crippen LogP contribution in [0.1, 0.15) is 5.56 Å². The van der Waals surface area contributed by atoms with Gasteiger partial charge in [0.25, 0.3) is 0 Å². The second kappa shape index (κ2) is 9.47. The van der Waals surface area contributed by atoms with Gasteiger partial charge in [0.1, 0.15) is 5.75 Å². The molecule has 0 fully saturated rings. The minimum atomic E-state index is 0.360. The average molecular weight is 375 g/mol. The predicted molar refractivity (Wildman–Crippen MR) is 106 cm³/mol. The van der Waals surface area contributed by atoms with E-state index in [2.05, 4.69) is 15.8 Å². The topological polar surface area (TPSA) is 73.3 Å². The molecule has 0 bridgehead atoms. The van der Waals surface area contributed by atoms with Crippen molar-refractivity contribution < 1.29 is 18.9 Å². The highest BCUT2D eigenvalue weighted by molar-refractivity contribution is 7.80. The SMILES string of the molecule is COc1ccc(NC(=S)NN=Cc2cc(OC)c(OC)c(OC)c2)cc1. The molecule has 8 heteroatoms. The minimum Gasteiger partial charge on any atom is -0.497 e. The van der Waals surface area contributed by atoms with Crippen LogP contribution in [0, 0.1) is 0 Å². The number of anilines is 1. The first-order valence-electron chi connectivity index (χ1n) is 7.65. The molecule has 138 valence electrons. The Balaban J connectivity index is 2.01. The van der Waals surface area contributed by atoms with Crippen molar-refractivity contribution in [3.63, 3.8) is 0 Å². The van der Waals surface area contributed by atoms with Crippen LogP contribution in [-0.2, 0) is 0 Å². The molecule has 2 aromatic carbocycles. The molecular weight excluding hydrogens is 354 g/mol. The number of hydrogen-bond donors (Lipinski definition) is 2. The molecule has 7 nitrogen and oxygen atoms in total. The molecule has 0 atom stereocenters. The first kappa shape index (κ1) is 19.3. The molecule has 0 aliphatic rings. The molecule has 0 saturated carbocycles. The van der Waals surface area contributed by atoms with Crippen LogP contribution in [0.25, 0.3) is 0 Å². The summed E-state index contributed by atoms with van der Waals surface area (Å²) in [4.78, 5) is 0. The maximum Gasteiger partial charge on any atom is 0.203 e. The van der Waals surface area contributed by atoms with Crippen LogP contribution in [0.5, 0.6) is 23.0 Å². The Bertz CT molecular complexity index is 754. The normalized spacial score (nSPS) is 10.3. The van der Waals surface area contributed by atoms with E-state index in [4.69, 9.17) is 31.2 Å². The monoisotopic (exact) mass is 375 g/mol. The summed E-state index contributed by atoms with van der Waals surface area (Å²) in [5.41, 5.74) is 4.35. The van der Waals surface area contributed by atoms with Crippen LogP contribution in [0.4, 0.5) is 5.69 Å². The zero-order valence-corrected chi connectivity index (χ0v) is 15.8. The van der Waals surface area contributed by atoms with E-state index in [0.29, 0.717) is 22.4 Å². The van der Waals surface area contributed by atoms with Crippen LogP contribution in [0.2, 0.25) is 0 Å². The summed E-state index contributed by atoms with van der Waals surface area (Å²) >= 11 is 5.21. The number of hydrogen-bond acceptors (Lipinski definition) is 6. The molecule has 0 aliphatic heterocycles. The molecule has 0 spiro atoms. The number of rotatable bonds is 7. The minimum absolute atomic E-state index is 0.360. The van der Waals surface area contributed by atoms with Gasteiger partial charge in [-0.05, 0) is 48.6 Å². The van der Waals surface area contributed by atoms with E-state index < -0.39 is 0 Å².